The fourth-order valence-corrected chi connectivity index (χ4v) is 2.02. The molecular weight excluding hydrogens is 220 g/mol. The molecule has 1 N–H and O–H groups in total. The van der Waals surface area contributed by atoms with Crippen molar-refractivity contribution in [1.82, 2.24) is 0 Å². The first-order valence-corrected chi connectivity index (χ1v) is 5.79. The average molecular weight is 240 g/mol. The lowest BCUT2D eigenvalue weighted by Gasteiger charge is -2.39. The Bertz CT molecular complexity index is 330. The van der Waals surface area contributed by atoms with Crippen LogP contribution in [-0.4, -0.2) is 23.3 Å². The number of cyclic esters (lactones) is 1. The molecule has 0 fully saturated rings. The van der Waals surface area contributed by atoms with Crippen LogP contribution >= 0.6 is 0 Å². The third-order valence-corrected chi connectivity index (χ3v) is 3.19. The van der Waals surface area contributed by atoms with Crippen LogP contribution in [0.5, 0.6) is 0 Å². The van der Waals surface area contributed by atoms with Gasteiger partial charge in [0.1, 0.15) is 11.0 Å². The largest absolute Gasteiger partial charge is 0.494 e. The lowest BCUT2D eigenvalue weighted by molar-refractivity contribution is -0.157. The van der Waals surface area contributed by atoms with Crippen LogP contribution in [-0.2, 0) is 14.3 Å². The zero-order chi connectivity index (χ0) is 12.9. The van der Waals surface area contributed by atoms with Gasteiger partial charge in [-0.15, -0.1) is 0 Å². The van der Waals surface area contributed by atoms with Crippen LogP contribution in [0.15, 0.2) is 24.7 Å². The summed E-state index contributed by atoms with van der Waals surface area (Å²) < 4.78 is 10.5. The van der Waals surface area contributed by atoms with Crippen LogP contribution in [0.25, 0.3) is 0 Å². The molecule has 0 saturated heterocycles. The molecule has 17 heavy (non-hydrogen) atoms. The first-order valence-electron chi connectivity index (χ1n) is 5.79. The van der Waals surface area contributed by atoms with Gasteiger partial charge >= 0.3 is 5.97 Å². The Balaban J connectivity index is 2.97. The Labute approximate surface area is 102 Å². The summed E-state index contributed by atoms with van der Waals surface area (Å²) in [5.41, 5.74) is -1.53. The maximum Gasteiger partial charge on any atom is 0.324 e. The minimum absolute atomic E-state index is 0.0442. The summed E-state index contributed by atoms with van der Waals surface area (Å²) in [5, 5.41) is 8.94. The summed E-state index contributed by atoms with van der Waals surface area (Å²) in [6.45, 7) is 5.59. The standard InChI is InChI=1S/C13H20O4/c1-4-9-17-12(2,3)13(6-5-8-14)7-10-16-11(13)15/h4,7,9-10,14H,5-6,8H2,1-3H3/b9-4+. The van der Waals surface area contributed by atoms with E-state index in [0.29, 0.717) is 12.8 Å². The van der Waals surface area contributed by atoms with E-state index in [1.807, 2.05) is 20.8 Å². The molecule has 0 saturated carbocycles. The third kappa shape index (κ3) is 2.52. The van der Waals surface area contributed by atoms with Crippen molar-refractivity contribution in [3.8, 4) is 0 Å². The Kier molecular flexibility index (Phi) is 4.34. The van der Waals surface area contributed by atoms with Gasteiger partial charge in [0.05, 0.1) is 12.5 Å². The zero-order valence-electron chi connectivity index (χ0n) is 10.6. The predicted octanol–water partition coefficient (Wildman–Crippen LogP) is 2.14. The molecule has 0 radical (unpaired) electrons. The highest BCUT2D eigenvalue weighted by Crippen LogP contribution is 2.44. The first kappa shape index (κ1) is 13.8. The van der Waals surface area contributed by atoms with Crippen molar-refractivity contribution in [1.29, 1.82) is 0 Å². The molecule has 4 heteroatoms. The van der Waals surface area contributed by atoms with Gasteiger partial charge < -0.3 is 14.6 Å². The van der Waals surface area contributed by atoms with Gasteiger partial charge in [0.15, 0.2) is 0 Å². The summed E-state index contributed by atoms with van der Waals surface area (Å²) in [6.07, 6.45) is 7.51. The van der Waals surface area contributed by atoms with E-state index in [4.69, 9.17) is 14.6 Å². The molecule has 1 heterocycles. The van der Waals surface area contributed by atoms with Crippen molar-refractivity contribution in [2.24, 2.45) is 5.41 Å². The van der Waals surface area contributed by atoms with Crippen molar-refractivity contribution < 1.29 is 19.4 Å². The highest BCUT2D eigenvalue weighted by atomic mass is 16.5. The van der Waals surface area contributed by atoms with Crippen molar-refractivity contribution in [2.45, 2.75) is 39.2 Å². The summed E-state index contributed by atoms with van der Waals surface area (Å²) >= 11 is 0. The second kappa shape index (κ2) is 5.36. The number of esters is 1. The minimum atomic E-state index is -0.824. The van der Waals surface area contributed by atoms with E-state index < -0.39 is 11.0 Å². The fraction of sp³-hybridized carbons (Fsp3) is 0.615. The van der Waals surface area contributed by atoms with E-state index in [9.17, 15) is 4.79 Å². The van der Waals surface area contributed by atoms with Gasteiger partial charge in [0, 0.05) is 6.61 Å². The number of hydrogen-bond acceptors (Lipinski definition) is 4. The molecule has 1 unspecified atom stereocenters. The van der Waals surface area contributed by atoms with Crippen LogP contribution in [0.2, 0.25) is 0 Å². The van der Waals surface area contributed by atoms with Gasteiger partial charge in [-0.3, -0.25) is 4.79 Å². The molecule has 4 nitrogen and oxygen atoms in total. The van der Waals surface area contributed by atoms with Crippen molar-refractivity contribution in [3.63, 3.8) is 0 Å². The number of ether oxygens (including phenoxy) is 2. The predicted molar refractivity (Wildman–Crippen MR) is 64.0 cm³/mol. The molecule has 0 amide bonds. The number of carbonyl (C=O) groups excluding carboxylic acids is 1. The summed E-state index contributed by atoms with van der Waals surface area (Å²) in [4.78, 5) is 11.9. The second-order valence-electron chi connectivity index (χ2n) is 4.60. The van der Waals surface area contributed by atoms with Gasteiger partial charge in [-0.1, -0.05) is 6.08 Å². The van der Waals surface area contributed by atoms with Gasteiger partial charge in [-0.05, 0) is 39.7 Å². The topological polar surface area (TPSA) is 55.8 Å². The molecular formula is C13H20O4. The summed E-state index contributed by atoms with van der Waals surface area (Å²) in [5.74, 6) is -0.319. The number of aliphatic hydroxyl groups is 1. The van der Waals surface area contributed by atoms with Gasteiger partial charge in [0.25, 0.3) is 0 Å². The van der Waals surface area contributed by atoms with E-state index in [0.717, 1.165) is 0 Å². The zero-order valence-corrected chi connectivity index (χ0v) is 10.6. The summed E-state index contributed by atoms with van der Waals surface area (Å²) in [6, 6.07) is 0. The van der Waals surface area contributed by atoms with E-state index in [1.165, 1.54) is 6.26 Å². The van der Waals surface area contributed by atoms with Crippen LogP contribution in [0, 0.1) is 5.41 Å². The van der Waals surface area contributed by atoms with Crippen molar-refractivity contribution in [2.75, 3.05) is 6.61 Å². The number of rotatable bonds is 6. The van der Waals surface area contributed by atoms with Crippen LogP contribution in [0.1, 0.15) is 33.6 Å². The van der Waals surface area contributed by atoms with E-state index in [-0.39, 0.29) is 12.6 Å². The van der Waals surface area contributed by atoms with Gasteiger partial charge in [-0.25, -0.2) is 0 Å². The number of allylic oxidation sites excluding steroid dienone is 1. The summed E-state index contributed by atoms with van der Waals surface area (Å²) in [7, 11) is 0. The molecule has 1 atom stereocenters. The Morgan fingerprint density at radius 2 is 2.29 bits per heavy atom. The Morgan fingerprint density at radius 1 is 1.59 bits per heavy atom. The van der Waals surface area contributed by atoms with E-state index in [2.05, 4.69) is 0 Å². The van der Waals surface area contributed by atoms with E-state index >= 15 is 0 Å². The highest BCUT2D eigenvalue weighted by molar-refractivity contribution is 5.83. The molecule has 1 aliphatic heterocycles. The normalized spacial score (nSPS) is 24.4. The first-order chi connectivity index (χ1) is 8.00. The minimum Gasteiger partial charge on any atom is -0.494 e. The second-order valence-corrected chi connectivity index (χ2v) is 4.60. The van der Waals surface area contributed by atoms with Crippen molar-refractivity contribution >= 4 is 5.97 Å². The molecule has 0 aliphatic carbocycles. The van der Waals surface area contributed by atoms with Crippen LogP contribution in [0.4, 0.5) is 0 Å². The van der Waals surface area contributed by atoms with Gasteiger partial charge in [-0.2, -0.15) is 0 Å². The molecule has 1 aliphatic rings. The average Bonchev–Trinajstić information content (AvgIpc) is 2.67. The smallest absolute Gasteiger partial charge is 0.324 e. The lowest BCUT2D eigenvalue weighted by Crippen LogP contribution is -2.48. The quantitative estimate of drug-likeness (QED) is 0.571. The molecule has 1 rings (SSSR count). The maximum absolute atomic E-state index is 11.9. The Hall–Kier alpha value is -1.29. The fourth-order valence-electron chi connectivity index (χ4n) is 2.02. The molecule has 0 aromatic carbocycles. The lowest BCUT2D eigenvalue weighted by atomic mass is 9.71. The molecule has 0 aromatic rings. The Morgan fingerprint density at radius 3 is 2.76 bits per heavy atom. The van der Waals surface area contributed by atoms with Crippen LogP contribution in [0.3, 0.4) is 0 Å². The molecule has 0 bridgehead atoms. The maximum atomic E-state index is 11.9. The molecule has 96 valence electrons. The van der Waals surface area contributed by atoms with Gasteiger partial charge in [0.2, 0.25) is 0 Å². The number of hydrogen-bond donors (Lipinski definition) is 1. The molecule has 0 aromatic heterocycles. The number of aliphatic hydroxyl groups excluding tert-OH is 1. The third-order valence-electron chi connectivity index (χ3n) is 3.19. The van der Waals surface area contributed by atoms with Crippen LogP contribution < -0.4 is 0 Å². The molecule has 0 spiro atoms. The highest BCUT2D eigenvalue weighted by Gasteiger charge is 2.54. The van der Waals surface area contributed by atoms with E-state index in [1.54, 1.807) is 18.4 Å². The number of carbonyl (C=O) groups is 1. The SMILES string of the molecule is C/C=C/OC(C)(C)C1(CCCO)C=COC1=O. The monoisotopic (exact) mass is 240 g/mol. The van der Waals surface area contributed by atoms with Crippen molar-refractivity contribution in [3.05, 3.63) is 24.7 Å².